The lowest BCUT2D eigenvalue weighted by Crippen LogP contribution is -2.37. The summed E-state index contributed by atoms with van der Waals surface area (Å²) in [4.78, 5) is 37.6. The van der Waals surface area contributed by atoms with Crippen LogP contribution < -0.4 is 4.89 Å². The molecule has 0 heterocycles. The summed E-state index contributed by atoms with van der Waals surface area (Å²) in [7, 11) is 1.14. The van der Waals surface area contributed by atoms with E-state index in [-0.39, 0.29) is 26.1 Å². The number of hydrogen-bond acceptors (Lipinski definition) is 8. The minimum absolute atomic E-state index is 0.0390. The number of carbonyl (C=O) groups is 2. The first-order valence-electron chi connectivity index (χ1n) is 23.0. The second-order valence-electron chi connectivity index (χ2n) is 16.4. The van der Waals surface area contributed by atoms with Gasteiger partial charge in [0.15, 0.2) is 6.10 Å². The van der Waals surface area contributed by atoms with Crippen molar-refractivity contribution in [2.75, 3.05) is 47.5 Å². The summed E-state index contributed by atoms with van der Waals surface area (Å²) < 4.78 is 33.9. The van der Waals surface area contributed by atoms with Crippen LogP contribution in [0, 0.1) is 0 Å². The highest BCUT2D eigenvalue weighted by Gasteiger charge is 2.21. The maximum Gasteiger partial charge on any atom is 0.306 e. The van der Waals surface area contributed by atoms with E-state index in [9.17, 15) is 19.0 Å². The Balaban J connectivity index is 4.39. The Bertz CT molecular complexity index is 1170. The van der Waals surface area contributed by atoms with Gasteiger partial charge in [-0.25, -0.2) is 0 Å². The summed E-state index contributed by atoms with van der Waals surface area (Å²) in [5, 5.41) is 0. The molecule has 336 valence electrons. The molecule has 0 aliphatic heterocycles. The number of allylic oxidation sites excluding steroid dienone is 10. The Morgan fingerprint density at radius 3 is 1.48 bits per heavy atom. The number of hydrogen-bond donors (Lipinski definition) is 0. The van der Waals surface area contributed by atoms with Gasteiger partial charge in [-0.2, -0.15) is 0 Å². The second kappa shape index (κ2) is 40.1. The zero-order chi connectivity index (χ0) is 42.8. The number of ether oxygens (including phenoxy) is 2. The molecule has 0 fully saturated rings. The summed E-state index contributed by atoms with van der Waals surface area (Å²) in [5.74, 6) is -0.869. The third kappa shape index (κ3) is 43.3. The van der Waals surface area contributed by atoms with Gasteiger partial charge in [0, 0.05) is 12.8 Å². The molecule has 0 aromatic carbocycles. The van der Waals surface area contributed by atoms with Crippen molar-refractivity contribution >= 4 is 19.8 Å². The fourth-order valence-electron chi connectivity index (χ4n) is 5.93. The first-order valence-corrected chi connectivity index (χ1v) is 24.5. The Morgan fingerprint density at radius 1 is 0.552 bits per heavy atom. The molecule has 0 bridgehead atoms. The highest BCUT2D eigenvalue weighted by Crippen LogP contribution is 2.38. The molecule has 0 amide bonds. The predicted molar refractivity (Wildman–Crippen MR) is 240 cm³/mol. The summed E-state index contributed by atoms with van der Waals surface area (Å²) >= 11 is 0. The van der Waals surface area contributed by atoms with E-state index in [4.69, 9.17) is 18.5 Å². The van der Waals surface area contributed by atoms with Crippen LogP contribution in [-0.4, -0.2) is 70.0 Å². The molecule has 0 rings (SSSR count). The van der Waals surface area contributed by atoms with Crippen molar-refractivity contribution in [2.45, 2.75) is 187 Å². The highest BCUT2D eigenvalue weighted by atomic mass is 31.2. The van der Waals surface area contributed by atoms with E-state index in [0.29, 0.717) is 17.4 Å². The van der Waals surface area contributed by atoms with Gasteiger partial charge in [-0.1, -0.05) is 152 Å². The smallest absolute Gasteiger partial charge is 0.306 e. The van der Waals surface area contributed by atoms with Crippen LogP contribution in [0.15, 0.2) is 60.8 Å². The van der Waals surface area contributed by atoms with Crippen LogP contribution in [0.5, 0.6) is 0 Å². The molecule has 10 heteroatoms. The van der Waals surface area contributed by atoms with E-state index in [0.717, 1.165) is 83.5 Å². The van der Waals surface area contributed by atoms with Gasteiger partial charge < -0.3 is 27.9 Å². The van der Waals surface area contributed by atoms with E-state index in [1.165, 1.54) is 64.2 Å². The fourth-order valence-corrected chi connectivity index (χ4v) is 6.66. The van der Waals surface area contributed by atoms with Crippen LogP contribution in [0.25, 0.3) is 0 Å². The first kappa shape index (κ1) is 55.7. The molecule has 0 radical (unpaired) electrons. The monoisotopic (exact) mass is 836 g/mol. The number of phosphoric acid groups is 1. The van der Waals surface area contributed by atoms with Gasteiger partial charge in [0.1, 0.15) is 19.8 Å². The topological polar surface area (TPSA) is 111 Å². The van der Waals surface area contributed by atoms with Crippen molar-refractivity contribution in [3.8, 4) is 0 Å². The Labute approximate surface area is 356 Å². The van der Waals surface area contributed by atoms with Crippen LogP contribution in [-0.2, 0) is 32.7 Å². The van der Waals surface area contributed by atoms with Crippen LogP contribution in [0.3, 0.4) is 0 Å². The van der Waals surface area contributed by atoms with E-state index in [1.807, 2.05) is 21.1 Å². The molecule has 0 spiro atoms. The normalized spacial score (nSPS) is 14.1. The Hall–Kier alpha value is -2.29. The van der Waals surface area contributed by atoms with Crippen LogP contribution >= 0.6 is 7.82 Å². The van der Waals surface area contributed by atoms with Crippen molar-refractivity contribution in [1.82, 2.24) is 0 Å². The van der Waals surface area contributed by atoms with E-state index < -0.39 is 32.5 Å². The van der Waals surface area contributed by atoms with Gasteiger partial charge in [-0.05, 0) is 77.0 Å². The second-order valence-corrected chi connectivity index (χ2v) is 17.8. The average Bonchev–Trinajstić information content (AvgIpc) is 3.17. The third-order valence-electron chi connectivity index (χ3n) is 9.52. The molecular weight excluding hydrogens is 750 g/mol. The van der Waals surface area contributed by atoms with Crippen molar-refractivity contribution in [3.05, 3.63) is 60.8 Å². The van der Waals surface area contributed by atoms with Crippen LogP contribution in [0.2, 0.25) is 0 Å². The van der Waals surface area contributed by atoms with E-state index in [1.54, 1.807) is 0 Å². The van der Waals surface area contributed by atoms with E-state index >= 15 is 0 Å². The first-order chi connectivity index (χ1) is 28.0. The van der Waals surface area contributed by atoms with Gasteiger partial charge in [-0.3, -0.25) is 14.2 Å². The zero-order valence-corrected chi connectivity index (χ0v) is 38.6. The molecule has 0 aliphatic carbocycles. The molecule has 0 aromatic rings. The molecule has 0 N–H and O–H groups in total. The molecule has 2 atom stereocenters. The highest BCUT2D eigenvalue weighted by molar-refractivity contribution is 7.45. The summed E-state index contributed by atoms with van der Waals surface area (Å²) in [6.45, 7) is 4.07. The minimum atomic E-state index is -4.64. The summed E-state index contributed by atoms with van der Waals surface area (Å²) in [6.07, 6.45) is 48.1. The lowest BCUT2D eigenvalue weighted by atomic mass is 10.1. The Kier molecular flexibility index (Phi) is 38.5. The maximum absolute atomic E-state index is 12.7. The third-order valence-corrected chi connectivity index (χ3v) is 10.5. The number of likely N-dealkylation sites (N-methyl/N-ethyl adjacent to an activating group) is 1. The maximum atomic E-state index is 12.7. The van der Waals surface area contributed by atoms with Gasteiger partial charge in [0.2, 0.25) is 0 Å². The van der Waals surface area contributed by atoms with Crippen molar-refractivity contribution in [2.24, 2.45) is 0 Å². The van der Waals surface area contributed by atoms with Crippen molar-refractivity contribution in [3.63, 3.8) is 0 Å². The molecule has 58 heavy (non-hydrogen) atoms. The summed E-state index contributed by atoms with van der Waals surface area (Å²) in [5.41, 5.74) is 0. The largest absolute Gasteiger partial charge is 0.756 e. The standard InChI is InChI=1S/C48H86NO8P/c1-6-8-10-12-14-16-18-20-22-24-26-28-30-32-34-36-38-40-47(50)54-44-46(45-56-58(52,53)55-43-42-49(3,4)5)57-48(51)41-39-37-35-33-31-29-27-25-23-21-19-17-15-13-11-9-7-2/h9,11,15,17,20-23,27,29,46H,6-8,10,12-14,16,18-19,24-26,28,30-45H2,1-5H3/b11-9-,17-15-,22-20-,23-21-,29-27-. The molecule has 0 saturated heterocycles. The van der Waals surface area contributed by atoms with Crippen LogP contribution in [0.4, 0.5) is 0 Å². The SMILES string of the molecule is CC/C=C\C/C=C\C/C=C\C/C=C\CCCCCCC(=O)OC(COC(=O)CCCCCCCCC/C=C\CCCCCCCC)COP(=O)([O-])OCC[N+](C)(C)C. The number of phosphoric ester groups is 1. The van der Waals surface area contributed by atoms with Gasteiger partial charge in [-0.15, -0.1) is 0 Å². The number of rotatable bonds is 41. The lowest BCUT2D eigenvalue weighted by Gasteiger charge is -2.28. The molecular formula is C48H86NO8P. The zero-order valence-electron chi connectivity index (χ0n) is 37.7. The summed E-state index contributed by atoms with van der Waals surface area (Å²) in [6, 6.07) is 0. The number of carbonyl (C=O) groups excluding carboxylic acids is 2. The number of unbranched alkanes of at least 4 members (excludes halogenated alkanes) is 17. The molecule has 0 aliphatic rings. The van der Waals surface area contributed by atoms with Gasteiger partial charge in [0.25, 0.3) is 7.82 Å². The van der Waals surface area contributed by atoms with Gasteiger partial charge >= 0.3 is 11.9 Å². The average molecular weight is 836 g/mol. The molecule has 2 unspecified atom stereocenters. The number of esters is 2. The van der Waals surface area contributed by atoms with Gasteiger partial charge in [0.05, 0.1) is 27.7 Å². The minimum Gasteiger partial charge on any atom is -0.756 e. The van der Waals surface area contributed by atoms with Crippen molar-refractivity contribution in [1.29, 1.82) is 0 Å². The van der Waals surface area contributed by atoms with Crippen molar-refractivity contribution < 1.29 is 42.1 Å². The van der Waals surface area contributed by atoms with E-state index in [2.05, 4.69) is 74.6 Å². The number of nitrogens with zero attached hydrogens (tertiary/aromatic N) is 1. The van der Waals surface area contributed by atoms with Crippen LogP contribution in [0.1, 0.15) is 181 Å². The number of quaternary nitrogens is 1. The Morgan fingerprint density at radius 2 is 0.983 bits per heavy atom. The lowest BCUT2D eigenvalue weighted by molar-refractivity contribution is -0.870. The quantitative estimate of drug-likeness (QED) is 0.0197. The molecule has 0 aromatic heterocycles. The fraction of sp³-hybridized carbons (Fsp3) is 0.750. The molecule has 0 saturated carbocycles. The molecule has 9 nitrogen and oxygen atoms in total. The predicted octanol–water partition coefficient (Wildman–Crippen LogP) is 12.6.